The molecule has 0 radical (unpaired) electrons. The number of para-hydroxylation sites is 2. The first-order valence-electron chi connectivity index (χ1n) is 18.9. The standard InChI is InChI=1S/C51H30N4O/c1-4-13-31(14-5-1)49-52-50(32-15-6-2-7-16-32)54-51(53-49)41-22-10-21-40-37-28-26-34(30-45(37)56-48(40)41)33-25-27-36-38-19-11-23-43-46(38)47-39(42(36)29-33)20-12-24-44(47)55(43)35-17-8-3-9-18-35/h1-30H. The second-order valence-corrected chi connectivity index (χ2v) is 14.4. The van der Waals surface area contributed by atoms with Gasteiger partial charge in [-0.1, -0.05) is 133 Å². The fourth-order valence-corrected chi connectivity index (χ4v) is 8.68. The van der Waals surface area contributed by atoms with Gasteiger partial charge in [0.25, 0.3) is 0 Å². The van der Waals surface area contributed by atoms with E-state index in [9.17, 15) is 0 Å². The van der Waals surface area contributed by atoms with E-state index < -0.39 is 0 Å². The second kappa shape index (κ2) is 11.9. The van der Waals surface area contributed by atoms with Gasteiger partial charge in [0.05, 0.1) is 16.6 Å². The van der Waals surface area contributed by atoms with E-state index in [1.54, 1.807) is 0 Å². The summed E-state index contributed by atoms with van der Waals surface area (Å²) in [7, 11) is 0. The molecule has 0 amide bonds. The first-order valence-corrected chi connectivity index (χ1v) is 18.9. The van der Waals surface area contributed by atoms with Gasteiger partial charge in [-0.2, -0.15) is 0 Å². The van der Waals surface area contributed by atoms with Crippen molar-refractivity contribution in [2.45, 2.75) is 0 Å². The zero-order chi connectivity index (χ0) is 36.7. The highest BCUT2D eigenvalue weighted by Crippen LogP contribution is 2.45. The fraction of sp³-hybridized carbons (Fsp3) is 0. The summed E-state index contributed by atoms with van der Waals surface area (Å²) in [5.41, 5.74) is 10.1. The zero-order valence-corrected chi connectivity index (χ0v) is 30.0. The van der Waals surface area contributed by atoms with E-state index in [1.807, 2.05) is 66.7 Å². The Morgan fingerprint density at radius 1 is 0.357 bits per heavy atom. The number of aromatic nitrogens is 4. The van der Waals surface area contributed by atoms with Gasteiger partial charge in [-0.25, -0.2) is 15.0 Å². The van der Waals surface area contributed by atoms with Gasteiger partial charge in [-0.05, 0) is 81.2 Å². The monoisotopic (exact) mass is 714 g/mol. The van der Waals surface area contributed by atoms with Crippen molar-refractivity contribution >= 4 is 65.3 Å². The van der Waals surface area contributed by atoms with Crippen molar-refractivity contribution in [1.29, 1.82) is 0 Å². The minimum absolute atomic E-state index is 0.571. The maximum absolute atomic E-state index is 6.78. The van der Waals surface area contributed by atoms with Crippen LogP contribution in [-0.2, 0) is 0 Å². The third-order valence-corrected chi connectivity index (χ3v) is 11.2. The van der Waals surface area contributed by atoms with Crippen molar-refractivity contribution in [3.63, 3.8) is 0 Å². The molecule has 0 aliphatic rings. The normalized spacial score (nSPS) is 11.9. The van der Waals surface area contributed by atoms with Crippen molar-refractivity contribution in [3.05, 3.63) is 182 Å². The van der Waals surface area contributed by atoms with Crippen LogP contribution in [0, 0.1) is 0 Å². The quantitative estimate of drug-likeness (QED) is 0.167. The molecule has 56 heavy (non-hydrogen) atoms. The van der Waals surface area contributed by atoms with Gasteiger partial charge in [-0.15, -0.1) is 0 Å². The number of fused-ring (bicyclic) bond motifs is 6. The molecule has 0 atom stereocenters. The van der Waals surface area contributed by atoms with Gasteiger partial charge < -0.3 is 8.98 Å². The molecule has 0 unspecified atom stereocenters. The van der Waals surface area contributed by atoms with E-state index in [-0.39, 0.29) is 0 Å². The van der Waals surface area contributed by atoms with E-state index in [1.165, 1.54) is 49.0 Å². The highest BCUT2D eigenvalue weighted by atomic mass is 16.3. The van der Waals surface area contributed by atoms with Crippen molar-refractivity contribution in [2.24, 2.45) is 0 Å². The molecule has 260 valence electrons. The Morgan fingerprint density at radius 3 is 1.55 bits per heavy atom. The number of furan rings is 1. The van der Waals surface area contributed by atoms with Crippen LogP contribution in [0.3, 0.4) is 0 Å². The van der Waals surface area contributed by atoms with Crippen LogP contribution in [0.15, 0.2) is 186 Å². The van der Waals surface area contributed by atoms with E-state index >= 15 is 0 Å². The predicted molar refractivity (Wildman–Crippen MR) is 229 cm³/mol. The summed E-state index contributed by atoms with van der Waals surface area (Å²) >= 11 is 0. The molecule has 12 rings (SSSR count). The lowest BCUT2D eigenvalue weighted by Gasteiger charge is -2.11. The smallest absolute Gasteiger partial charge is 0.167 e. The molecule has 5 heteroatoms. The highest BCUT2D eigenvalue weighted by Gasteiger charge is 2.21. The largest absolute Gasteiger partial charge is 0.455 e. The van der Waals surface area contributed by atoms with Crippen LogP contribution in [0.2, 0.25) is 0 Å². The summed E-state index contributed by atoms with van der Waals surface area (Å²) in [6, 6.07) is 63.8. The van der Waals surface area contributed by atoms with Crippen molar-refractivity contribution < 1.29 is 4.42 Å². The number of nitrogens with zero attached hydrogens (tertiary/aromatic N) is 4. The summed E-state index contributed by atoms with van der Waals surface area (Å²) in [5, 5.41) is 9.70. The first-order chi connectivity index (χ1) is 27.8. The van der Waals surface area contributed by atoms with Gasteiger partial charge in [0.1, 0.15) is 11.2 Å². The summed E-state index contributed by atoms with van der Waals surface area (Å²) in [5.74, 6) is 1.81. The van der Waals surface area contributed by atoms with Crippen LogP contribution in [0.4, 0.5) is 0 Å². The van der Waals surface area contributed by atoms with E-state index in [0.29, 0.717) is 17.5 Å². The Morgan fingerprint density at radius 2 is 0.893 bits per heavy atom. The lowest BCUT2D eigenvalue weighted by Crippen LogP contribution is -2.00. The molecule has 0 bridgehead atoms. The van der Waals surface area contributed by atoms with Crippen LogP contribution in [0.25, 0.3) is 116 Å². The average Bonchev–Trinajstić information content (AvgIpc) is 3.83. The number of rotatable bonds is 5. The van der Waals surface area contributed by atoms with Crippen LogP contribution in [-0.4, -0.2) is 19.5 Å². The Balaban J connectivity index is 1.02. The van der Waals surface area contributed by atoms with Crippen molar-refractivity contribution in [1.82, 2.24) is 19.5 Å². The molecular weight excluding hydrogens is 685 g/mol. The van der Waals surface area contributed by atoms with E-state index in [0.717, 1.165) is 49.8 Å². The highest BCUT2D eigenvalue weighted by molar-refractivity contribution is 6.34. The molecule has 3 heterocycles. The maximum atomic E-state index is 6.78. The predicted octanol–water partition coefficient (Wildman–Crippen LogP) is 13.3. The SMILES string of the molecule is c1ccc(-c2nc(-c3ccccc3)nc(-c3cccc4c3oc3cc(-c5ccc6c(c5)c5cccc7c5c5c6cccc5n7-c5ccccc5)ccc34)n2)cc1. The molecule has 5 nitrogen and oxygen atoms in total. The molecular formula is C51H30N4O. The molecule has 0 aliphatic heterocycles. The number of benzene rings is 9. The molecule has 0 N–H and O–H groups in total. The van der Waals surface area contributed by atoms with Gasteiger partial charge in [0.15, 0.2) is 17.5 Å². The summed E-state index contributed by atoms with van der Waals surface area (Å²) in [6.45, 7) is 0. The fourth-order valence-electron chi connectivity index (χ4n) is 8.68. The van der Waals surface area contributed by atoms with Gasteiger partial charge >= 0.3 is 0 Å². The van der Waals surface area contributed by atoms with Crippen molar-refractivity contribution in [2.75, 3.05) is 0 Å². The average molecular weight is 715 g/mol. The molecule has 9 aromatic carbocycles. The molecule has 0 fully saturated rings. The molecule has 3 aromatic heterocycles. The minimum Gasteiger partial charge on any atom is -0.455 e. The maximum Gasteiger partial charge on any atom is 0.167 e. The van der Waals surface area contributed by atoms with Crippen LogP contribution in [0.1, 0.15) is 0 Å². The third-order valence-electron chi connectivity index (χ3n) is 11.2. The number of hydrogen-bond donors (Lipinski definition) is 0. The molecule has 0 aliphatic carbocycles. The Kier molecular flexibility index (Phi) is 6.56. The van der Waals surface area contributed by atoms with Crippen LogP contribution < -0.4 is 0 Å². The molecule has 12 aromatic rings. The van der Waals surface area contributed by atoms with Crippen LogP contribution in [0.5, 0.6) is 0 Å². The zero-order valence-electron chi connectivity index (χ0n) is 30.0. The van der Waals surface area contributed by atoms with Crippen LogP contribution >= 0.6 is 0 Å². The minimum atomic E-state index is 0.571. The topological polar surface area (TPSA) is 56.7 Å². The first kappa shape index (κ1) is 30.8. The van der Waals surface area contributed by atoms with Gasteiger partial charge in [0, 0.05) is 38.4 Å². The summed E-state index contributed by atoms with van der Waals surface area (Å²) in [4.78, 5) is 14.9. The van der Waals surface area contributed by atoms with E-state index in [4.69, 9.17) is 19.4 Å². The Hall–Kier alpha value is -7.63. The number of hydrogen-bond acceptors (Lipinski definition) is 4. The molecule has 0 saturated heterocycles. The van der Waals surface area contributed by atoms with E-state index in [2.05, 4.69) is 120 Å². The second-order valence-electron chi connectivity index (χ2n) is 14.4. The lowest BCUT2D eigenvalue weighted by molar-refractivity contribution is 0.669. The van der Waals surface area contributed by atoms with Crippen molar-refractivity contribution in [3.8, 4) is 51.0 Å². The molecule has 0 spiro atoms. The summed E-state index contributed by atoms with van der Waals surface area (Å²) < 4.78 is 9.18. The van der Waals surface area contributed by atoms with Gasteiger partial charge in [-0.3, -0.25) is 0 Å². The molecule has 0 saturated carbocycles. The third kappa shape index (κ3) is 4.58. The Labute approximate surface area is 321 Å². The van der Waals surface area contributed by atoms with Gasteiger partial charge in [0.2, 0.25) is 0 Å². The lowest BCUT2D eigenvalue weighted by atomic mass is 9.92. The Bertz CT molecular complexity index is 3400. The summed E-state index contributed by atoms with van der Waals surface area (Å²) in [6.07, 6.45) is 0.